The minimum Gasteiger partial charge on any atom is -0.477 e. The summed E-state index contributed by atoms with van der Waals surface area (Å²) in [4.78, 5) is 42.1. The molecule has 1 fully saturated rings. The molecule has 0 aromatic carbocycles. The SMILES string of the molecule is Cc1nonc1-n1cc(C(=O)O)c(=O)c2cc(F)c(N3CC[C@H](NC(=O)[C@H](C)N)C3)nc21.Cl. The van der Waals surface area contributed by atoms with Crippen molar-refractivity contribution in [3.8, 4) is 5.82 Å². The molecule has 1 amide bonds. The van der Waals surface area contributed by atoms with E-state index < -0.39 is 28.8 Å². The Morgan fingerprint density at radius 1 is 1.36 bits per heavy atom. The Kier molecular flexibility index (Phi) is 6.65. The molecule has 4 rings (SSSR count). The number of carbonyl (C=O) groups is 2. The van der Waals surface area contributed by atoms with E-state index in [9.17, 15) is 19.5 Å². The second-order valence-electron chi connectivity index (χ2n) is 7.61. The van der Waals surface area contributed by atoms with Crippen LogP contribution in [0.3, 0.4) is 0 Å². The number of aromatic carboxylic acids is 1. The summed E-state index contributed by atoms with van der Waals surface area (Å²) in [5, 5.41) is 19.4. The van der Waals surface area contributed by atoms with E-state index in [0.717, 1.165) is 12.3 Å². The molecule has 176 valence electrons. The summed E-state index contributed by atoms with van der Waals surface area (Å²) in [6, 6.07) is 0.0420. The van der Waals surface area contributed by atoms with Gasteiger partial charge in [0.05, 0.1) is 11.4 Å². The van der Waals surface area contributed by atoms with Gasteiger partial charge in [0.25, 0.3) is 0 Å². The van der Waals surface area contributed by atoms with Crippen LogP contribution in [0, 0.1) is 12.7 Å². The van der Waals surface area contributed by atoms with Crippen molar-refractivity contribution in [3.63, 3.8) is 0 Å². The fourth-order valence-electron chi connectivity index (χ4n) is 3.60. The van der Waals surface area contributed by atoms with Crippen LogP contribution in [0.2, 0.25) is 0 Å². The van der Waals surface area contributed by atoms with Crippen molar-refractivity contribution < 1.29 is 23.7 Å². The van der Waals surface area contributed by atoms with Crippen LogP contribution < -0.4 is 21.4 Å². The Morgan fingerprint density at radius 2 is 2.09 bits per heavy atom. The first-order chi connectivity index (χ1) is 15.2. The van der Waals surface area contributed by atoms with Crippen LogP contribution in [0.1, 0.15) is 29.4 Å². The minimum atomic E-state index is -1.48. The third kappa shape index (κ3) is 4.36. The van der Waals surface area contributed by atoms with Gasteiger partial charge >= 0.3 is 5.97 Å². The van der Waals surface area contributed by atoms with Crippen molar-refractivity contribution in [3.05, 3.63) is 39.6 Å². The highest BCUT2D eigenvalue weighted by molar-refractivity contribution is 5.92. The average molecular weight is 482 g/mol. The smallest absolute Gasteiger partial charge is 0.341 e. The van der Waals surface area contributed by atoms with E-state index in [2.05, 4.69) is 20.6 Å². The van der Waals surface area contributed by atoms with Crippen LogP contribution in [0.5, 0.6) is 0 Å². The molecular weight excluding hydrogens is 461 g/mol. The number of rotatable bonds is 5. The van der Waals surface area contributed by atoms with Gasteiger partial charge in [0.1, 0.15) is 11.3 Å². The van der Waals surface area contributed by atoms with Gasteiger partial charge in [-0.1, -0.05) is 5.16 Å². The van der Waals surface area contributed by atoms with Crippen LogP contribution in [0.4, 0.5) is 10.2 Å². The highest BCUT2D eigenvalue weighted by Crippen LogP contribution is 2.26. The fraction of sp³-hybridized carbons (Fsp3) is 0.368. The van der Waals surface area contributed by atoms with Crippen molar-refractivity contribution in [2.45, 2.75) is 32.4 Å². The van der Waals surface area contributed by atoms with Crippen LogP contribution in [0.15, 0.2) is 21.7 Å². The first-order valence-electron chi connectivity index (χ1n) is 9.77. The molecule has 4 N–H and O–H groups in total. The predicted molar refractivity (Wildman–Crippen MR) is 117 cm³/mol. The van der Waals surface area contributed by atoms with Crippen molar-refractivity contribution in [2.75, 3.05) is 18.0 Å². The summed E-state index contributed by atoms with van der Waals surface area (Å²) in [5.74, 6) is -2.51. The highest BCUT2D eigenvalue weighted by atomic mass is 35.5. The molecule has 0 bridgehead atoms. The number of nitrogens with zero attached hydrogens (tertiary/aromatic N) is 5. The van der Waals surface area contributed by atoms with Gasteiger partial charge in [-0.25, -0.2) is 18.8 Å². The lowest BCUT2D eigenvalue weighted by Crippen LogP contribution is -2.45. The van der Waals surface area contributed by atoms with Gasteiger partial charge in [0.15, 0.2) is 17.3 Å². The molecule has 3 aromatic heterocycles. The van der Waals surface area contributed by atoms with Crippen molar-refractivity contribution in [1.29, 1.82) is 0 Å². The maximum Gasteiger partial charge on any atom is 0.341 e. The fourth-order valence-corrected chi connectivity index (χ4v) is 3.60. The number of nitrogens with one attached hydrogen (secondary N) is 1. The molecular formula is C19H21ClFN7O5. The number of aromatic nitrogens is 4. The van der Waals surface area contributed by atoms with Crippen LogP contribution in [-0.2, 0) is 4.79 Å². The molecule has 0 saturated carbocycles. The number of carbonyl (C=O) groups excluding carboxylic acids is 1. The van der Waals surface area contributed by atoms with Crippen molar-refractivity contribution in [1.82, 2.24) is 25.2 Å². The lowest BCUT2D eigenvalue weighted by molar-refractivity contribution is -0.122. The Labute approximate surface area is 191 Å². The minimum absolute atomic E-state index is 0. The Morgan fingerprint density at radius 3 is 2.70 bits per heavy atom. The largest absolute Gasteiger partial charge is 0.477 e. The van der Waals surface area contributed by atoms with E-state index in [1.165, 1.54) is 4.57 Å². The van der Waals surface area contributed by atoms with E-state index in [1.54, 1.807) is 18.7 Å². The number of carboxylic acid groups (broad SMARTS) is 1. The van der Waals surface area contributed by atoms with Gasteiger partial charge in [-0.05, 0) is 31.5 Å². The van der Waals surface area contributed by atoms with E-state index >= 15 is 4.39 Å². The number of anilines is 1. The lowest BCUT2D eigenvalue weighted by Gasteiger charge is -2.20. The molecule has 1 aliphatic heterocycles. The number of halogens is 2. The third-order valence-electron chi connectivity index (χ3n) is 5.25. The number of hydrogen-bond acceptors (Lipinski definition) is 9. The summed E-state index contributed by atoms with van der Waals surface area (Å²) < 4.78 is 20.9. The number of nitrogens with two attached hydrogens (primary N) is 1. The number of pyridine rings is 2. The summed E-state index contributed by atoms with van der Waals surface area (Å²) in [5.41, 5.74) is 4.44. The number of hydrogen-bond donors (Lipinski definition) is 3. The van der Waals surface area contributed by atoms with E-state index in [1.807, 2.05) is 0 Å². The molecule has 0 radical (unpaired) electrons. The zero-order valence-corrected chi connectivity index (χ0v) is 18.4. The molecule has 14 heteroatoms. The molecule has 2 atom stereocenters. The first-order valence-corrected chi connectivity index (χ1v) is 9.77. The standard InChI is InChI=1S/C19H20FN7O5.ClH/c1-8(21)18(29)22-10-3-4-26(6-10)17-13(20)5-11-14(28)12(19(30)31)7-27(16(11)23-17)15-9(2)24-32-25-15;/h5,7-8,10H,3-4,6,21H2,1-2H3,(H,22,29)(H,30,31);1H/t8-,10-;/m0./s1. The first kappa shape index (κ1) is 24.1. The number of amides is 1. The van der Waals surface area contributed by atoms with Crippen molar-refractivity contribution >= 4 is 41.1 Å². The predicted octanol–water partition coefficient (Wildman–Crippen LogP) is 0.378. The molecule has 0 aliphatic carbocycles. The second kappa shape index (κ2) is 9.11. The van der Waals surface area contributed by atoms with E-state index in [0.29, 0.717) is 18.7 Å². The average Bonchev–Trinajstić information content (AvgIpc) is 3.37. The topological polar surface area (TPSA) is 169 Å². The number of fused-ring (bicyclic) bond motifs is 1. The van der Waals surface area contributed by atoms with Gasteiger partial charge in [-0.2, -0.15) is 0 Å². The normalized spacial score (nSPS) is 16.5. The number of aryl methyl sites for hydroxylation is 1. The highest BCUT2D eigenvalue weighted by Gasteiger charge is 2.29. The Bertz CT molecular complexity index is 1290. The molecule has 4 heterocycles. The maximum absolute atomic E-state index is 15.0. The molecule has 0 unspecified atom stereocenters. The van der Waals surface area contributed by atoms with Gasteiger partial charge in [-0.15, -0.1) is 12.4 Å². The zero-order chi connectivity index (χ0) is 23.2. The summed E-state index contributed by atoms with van der Waals surface area (Å²) in [6.45, 7) is 3.84. The Hall–Kier alpha value is -3.58. The molecule has 0 spiro atoms. The third-order valence-corrected chi connectivity index (χ3v) is 5.25. The van der Waals surface area contributed by atoms with Crippen LogP contribution in [-0.4, -0.2) is 62.0 Å². The Balaban J connectivity index is 0.00000306. The quantitative estimate of drug-likeness (QED) is 0.462. The molecule has 1 aliphatic rings. The molecule has 1 saturated heterocycles. The van der Waals surface area contributed by atoms with Crippen LogP contribution in [0.25, 0.3) is 16.9 Å². The number of carboxylic acids is 1. The lowest BCUT2D eigenvalue weighted by atomic mass is 10.2. The molecule has 3 aromatic rings. The summed E-state index contributed by atoms with van der Waals surface area (Å²) in [7, 11) is 0. The van der Waals surface area contributed by atoms with Gasteiger partial charge < -0.3 is 21.1 Å². The summed E-state index contributed by atoms with van der Waals surface area (Å²) >= 11 is 0. The zero-order valence-electron chi connectivity index (χ0n) is 17.6. The second-order valence-corrected chi connectivity index (χ2v) is 7.61. The van der Waals surface area contributed by atoms with E-state index in [4.69, 9.17) is 10.4 Å². The monoisotopic (exact) mass is 481 g/mol. The molecule has 33 heavy (non-hydrogen) atoms. The summed E-state index contributed by atoms with van der Waals surface area (Å²) in [6.07, 6.45) is 1.61. The van der Waals surface area contributed by atoms with Gasteiger partial charge in [0, 0.05) is 25.3 Å². The van der Waals surface area contributed by atoms with Crippen LogP contribution >= 0.6 is 12.4 Å². The van der Waals surface area contributed by atoms with Crippen molar-refractivity contribution in [2.24, 2.45) is 5.73 Å². The van der Waals surface area contributed by atoms with Gasteiger partial charge in [0.2, 0.25) is 17.2 Å². The van der Waals surface area contributed by atoms with E-state index in [-0.39, 0.29) is 53.6 Å². The van der Waals surface area contributed by atoms with Gasteiger partial charge in [-0.3, -0.25) is 14.2 Å². The maximum atomic E-state index is 15.0. The molecule has 12 nitrogen and oxygen atoms in total.